The maximum Gasteiger partial charge on any atom is 0.242 e. The van der Waals surface area contributed by atoms with Gasteiger partial charge in [-0.25, -0.2) is 0 Å². The highest BCUT2D eigenvalue weighted by molar-refractivity contribution is 5.83. The molecule has 0 aromatic rings. The van der Waals surface area contributed by atoms with Gasteiger partial charge in [0.25, 0.3) is 0 Å². The van der Waals surface area contributed by atoms with Crippen molar-refractivity contribution in [2.75, 3.05) is 46.8 Å². The Hall–Kier alpha value is -1.10. The Morgan fingerprint density at radius 2 is 1.72 bits per heavy atom. The van der Waals surface area contributed by atoms with E-state index in [-0.39, 0.29) is 18.4 Å². The van der Waals surface area contributed by atoms with Gasteiger partial charge in [-0.2, -0.15) is 0 Å². The van der Waals surface area contributed by atoms with Crippen molar-refractivity contribution in [2.24, 2.45) is 0 Å². The van der Waals surface area contributed by atoms with E-state index in [4.69, 9.17) is 0 Å². The van der Waals surface area contributed by atoms with Crippen molar-refractivity contribution in [3.8, 4) is 0 Å². The summed E-state index contributed by atoms with van der Waals surface area (Å²) in [6, 6.07) is 0. The second kappa shape index (κ2) is 7.36. The average Bonchev–Trinajstić information content (AvgIpc) is 2.80. The van der Waals surface area contributed by atoms with Crippen LogP contribution in [0.25, 0.3) is 0 Å². The molecular formula is C13H25N3O2. The van der Waals surface area contributed by atoms with E-state index in [9.17, 15) is 9.59 Å². The molecule has 104 valence electrons. The first-order valence-electron chi connectivity index (χ1n) is 6.68. The van der Waals surface area contributed by atoms with Crippen molar-refractivity contribution in [3.63, 3.8) is 0 Å². The molecule has 2 amide bonds. The third-order valence-electron chi connectivity index (χ3n) is 3.26. The maximum atomic E-state index is 12.0. The van der Waals surface area contributed by atoms with Gasteiger partial charge in [0.1, 0.15) is 0 Å². The molecule has 5 nitrogen and oxygen atoms in total. The molecule has 1 fully saturated rings. The van der Waals surface area contributed by atoms with Gasteiger partial charge in [0, 0.05) is 26.6 Å². The Labute approximate surface area is 110 Å². The number of carbonyl (C=O) groups excluding carboxylic acids is 2. The number of nitrogens with zero attached hydrogens (tertiary/aromatic N) is 3. The van der Waals surface area contributed by atoms with Crippen LogP contribution in [-0.2, 0) is 9.59 Å². The molecule has 0 bridgehead atoms. The summed E-state index contributed by atoms with van der Waals surface area (Å²) in [4.78, 5) is 29.1. The lowest BCUT2D eigenvalue weighted by molar-refractivity contribution is -0.138. The van der Waals surface area contributed by atoms with E-state index in [1.54, 1.807) is 4.90 Å². The minimum atomic E-state index is -0.0127. The third kappa shape index (κ3) is 5.04. The van der Waals surface area contributed by atoms with Gasteiger partial charge in [-0.05, 0) is 39.9 Å². The molecule has 0 aliphatic carbocycles. The molecule has 1 heterocycles. The van der Waals surface area contributed by atoms with E-state index in [1.165, 1.54) is 6.92 Å². The molecule has 0 spiro atoms. The standard InChI is InChI=1S/C13H25N3O2/c1-12(17)16(10-6-7-14(2)3)11-13(18)15-8-4-5-9-15/h4-11H2,1-3H3. The highest BCUT2D eigenvalue weighted by atomic mass is 16.2. The first kappa shape index (κ1) is 15.0. The molecule has 1 aliphatic heterocycles. The van der Waals surface area contributed by atoms with Crippen molar-refractivity contribution in [3.05, 3.63) is 0 Å². The van der Waals surface area contributed by atoms with Gasteiger partial charge >= 0.3 is 0 Å². The summed E-state index contributed by atoms with van der Waals surface area (Å²) in [5, 5.41) is 0. The molecule has 1 rings (SSSR count). The van der Waals surface area contributed by atoms with Gasteiger partial charge in [-0.15, -0.1) is 0 Å². The first-order chi connectivity index (χ1) is 8.50. The zero-order chi connectivity index (χ0) is 13.5. The Bertz CT molecular complexity index is 286. The topological polar surface area (TPSA) is 43.9 Å². The minimum Gasteiger partial charge on any atom is -0.341 e. The molecular weight excluding hydrogens is 230 g/mol. The Morgan fingerprint density at radius 3 is 2.22 bits per heavy atom. The van der Waals surface area contributed by atoms with Crippen LogP contribution in [-0.4, -0.2) is 73.3 Å². The molecule has 0 N–H and O–H groups in total. The highest BCUT2D eigenvalue weighted by Crippen LogP contribution is 2.08. The van der Waals surface area contributed by atoms with E-state index in [2.05, 4.69) is 4.90 Å². The number of likely N-dealkylation sites (tertiary alicyclic amines) is 1. The SMILES string of the molecule is CC(=O)N(CCCN(C)C)CC(=O)N1CCCC1. The molecule has 5 heteroatoms. The van der Waals surface area contributed by atoms with Crippen LogP contribution in [0.2, 0.25) is 0 Å². The fourth-order valence-electron chi connectivity index (χ4n) is 2.16. The normalized spacial score (nSPS) is 15.2. The summed E-state index contributed by atoms with van der Waals surface area (Å²) in [6.07, 6.45) is 3.08. The summed E-state index contributed by atoms with van der Waals surface area (Å²) in [7, 11) is 4.01. The Balaban J connectivity index is 2.36. The van der Waals surface area contributed by atoms with Crippen molar-refractivity contribution < 1.29 is 9.59 Å². The summed E-state index contributed by atoms with van der Waals surface area (Å²) >= 11 is 0. The molecule has 0 unspecified atom stereocenters. The van der Waals surface area contributed by atoms with Gasteiger partial charge < -0.3 is 14.7 Å². The van der Waals surface area contributed by atoms with Crippen molar-refractivity contribution >= 4 is 11.8 Å². The largest absolute Gasteiger partial charge is 0.341 e. The Morgan fingerprint density at radius 1 is 1.11 bits per heavy atom. The number of hydrogen-bond donors (Lipinski definition) is 0. The number of rotatable bonds is 6. The number of carbonyl (C=O) groups is 2. The van der Waals surface area contributed by atoms with E-state index in [1.807, 2.05) is 19.0 Å². The molecule has 0 aromatic heterocycles. The van der Waals surface area contributed by atoms with Crippen LogP contribution >= 0.6 is 0 Å². The quantitative estimate of drug-likeness (QED) is 0.690. The van der Waals surface area contributed by atoms with Gasteiger partial charge in [-0.3, -0.25) is 9.59 Å². The van der Waals surface area contributed by atoms with Gasteiger partial charge in [0.15, 0.2) is 0 Å². The monoisotopic (exact) mass is 255 g/mol. The predicted octanol–water partition coefficient (Wildman–Crippen LogP) is 0.409. The van der Waals surface area contributed by atoms with Crippen molar-refractivity contribution in [1.29, 1.82) is 0 Å². The van der Waals surface area contributed by atoms with Crippen LogP contribution in [0.1, 0.15) is 26.2 Å². The average molecular weight is 255 g/mol. The van der Waals surface area contributed by atoms with Crippen molar-refractivity contribution in [2.45, 2.75) is 26.2 Å². The molecule has 0 aromatic carbocycles. The lowest BCUT2D eigenvalue weighted by Crippen LogP contribution is -2.41. The molecule has 1 aliphatic rings. The molecule has 0 atom stereocenters. The first-order valence-corrected chi connectivity index (χ1v) is 6.68. The van der Waals surface area contributed by atoms with Crippen LogP contribution in [0.5, 0.6) is 0 Å². The summed E-state index contributed by atoms with van der Waals surface area (Å²) in [5.74, 6) is 0.0776. The molecule has 0 saturated carbocycles. The zero-order valence-corrected chi connectivity index (χ0v) is 11.8. The maximum absolute atomic E-state index is 12.0. The molecule has 18 heavy (non-hydrogen) atoms. The highest BCUT2D eigenvalue weighted by Gasteiger charge is 2.21. The second-order valence-corrected chi connectivity index (χ2v) is 5.19. The number of amides is 2. The summed E-state index contributed by atoms with van der Waals surface area (Å²) < 4.78 is 0. The lowest BCUT2D eigenvalue weighted by atomic mass is 10.3. The van der Waals surface area contributed by atoms with Gasteiger partial charge in [-0.1, -0.05) is 0 Å². The van der Waals surface area contributed by atoms with Crippen LogP contribution in [0, 0.1) is 0 Å². The summed E-state index contributed by atoms with van der Waals surface area (Å²) in [5.41, 5.74) is 0. The van der Waals surface area contributed by atoms with Gasteiger partial charge in [0.2, 0.25) is 11.8 Å². The molecule has 0 radical (unpaired) electrons. The van der Waals surface area contributed by atoms with Crippen LogP contribution in [0.3, 0.4) is 0 Å². The van der Waals surface area contributed by atoms with E-state index in [0.717, 1.165) is 38.9 Å². The van der Waals surface area contributed by atoms with E-state index >= 15 is 0 Å². The third-order valence-corrected chi connectivity index (χ3v) is 3.26. The van der Waals surface area contributed by atoms with E-state index in [0.29, 0.717) is 6.54 Å². The lowest BCUT2D eigenvalue weighted by Gasteiger charge is -2.24. The van der Waals surface area contributed by atoms with E-state index < -0.39 is 0 Å². The minimum absolute atomic E-state index is 0.0127. The van der Waals surface area contributed by atoms with Crippen LogP contribution < -0.4 is 0 Å². The smallest absolute Gasteiger partial charge is 0.242 e. The Kier molecular flexibility index (Phi) is 6.12. The number of hydrogen-bond acceptors (Lipinski definition) is 3. The molecule has 1 saturated heterocycles. The zero-order valence-electron chi connectivity index (χ0n) is 11.8. The second-order valence-electron chi connectivity index (χ2n) is 5.19. The fraction of sp³-hybridized carbons (Fsp3) is 0.846. The van der Waals surface area contributed by atoms with Crippen molar-refractivity contribution in [1.82, 2.24) is 14.7 Å². The van der Waals surface area contributed by atoms with Crippen LogP contribution in [0.15, 0.2) is 0 Å². The van der Waals surface area contributed by atoms with Crippen LogP contribution in [0.4, 0.5) is 0 Å². The summed E-state index contributed by atoms with van der Waals surface area (Å²) in [6.45, 7) is 5.06. The van der Waals surface area contributed by atoms with Gasteiger partial charge in [0.05, 0.1) is 6.54 Å². The predicted molar refractivity (Wildman–Crippen MR) is 71.2 cm³/mol. The fourth-order valence-corrected chi connectivity index (χ4v) is 2.16.